The Hall–Kier alpha value is -3.82. The predicted molar refractivity (Wildman–Crippen MR) is 135 cm³/mol. The van der Waals surface area contributed by atoms with Crippen LogP contribution in [0.2, 0.25) is 0 Å². The maximum atomic E-state index is 14.0. The van der Waals surface area contributed by atoms with Crippen LogP contribution in [0.1, 0.15) is 32.4 Å². The van der Waals surface area contributed by atoms with Crippen LogP contribution in [0, 0.1) is 11.8 Å². The van der Waals surface area contributed by atoms with Gasteiger partial charge in [0, 0.05) is 15.6 Å². The molecule has 0 unspecified atom stereocenters. The number of carbonyl (C=O) groups excluding carboxylic acids is 4. The summed E-state index contributed by atoms with van der Waals surface area (Å²) in [6.07, 6.45) is -1.05. The minimum atomic E-state index is -2.14. The van der Waals surface area contributed by atoms with Crippen molar-refractivity contribution in [3.63, 3.8) is 0 Å². The molecule has 0 aromatic heterocycles. The highest BCUT2D eigenvalue weighted by Crippen LogP contribution is 2.58. The number of fused-ring (bicyclic) bond motifs is 3. The SMILES string of the molecule is COc1ccc([C@@H]2OC3(C(=O)c4ccccc4C3=O)[C@@H]3C(=O)N(c4ccc(Br)cc4)C(=O)[C@H]32)cc1OC. The van der Waals surface area contributed by atoms with E-state index in [2.05, 4.69) is 15.9 Å². The highest BCUT2D eigenvalue weighted by atomic mass is 79.9. The van der Waals surface area contributed by atoms with Crippen LogP contribution in [0.15, 0.2) is 71.2 Å². The third-order valence-electron chi connectivity index (χ3n) is 7.34. The Labute approximate surface area is 220 Å². The molecule has 2 fully saturated rings. The Balaban J connectivity index is 1.54. The van der Waals surface area contributed by atoms with Gasteiger partial charge in [-0.15, -0.1) is 0 Å². The van der Waals surface area contributed by atoms with Gasteiger partial charge in [0.05, 0.1) is 37.8 Å². The van der Waals surface area contributed by atoms with Gasteiger partial charge in [0.15, 0.2) is 11.5 Å². The number of carbonyl (C=O) groups is 4. The molecule has 186 valence electrons. The van der Waals surface area contributed by atoms with Crippen LogP contribution >= 0.6 is 15.9 Å². The smallest absolute Gasteiger partial charge is 0.241 e. The van der Waals surface area contributed by atoms with Gasteiger partial charge in [-0.05, 0) is 42.0 Å². The van der Waals surface area contributed by atoms with Gasteiger partial charge >= 0.3 is 0 Å². The van der Waals surface area contributed by atoms with Crippen molar-refractivity contribution in [3.05, 3.63) is 87.9 Å². The fraction of sp³-hybridized carbons (Fsp3) is 0.214. The van der Waals surface area contributed by atoms with Crippen molar-refractivity contribution in [3.8, 4) is 11.5 Å². The second-order valence-electron chi connectivity index (χ2n) is 9.08. The number of halogens is 1. The molecular formula is C28H20BrNO7. The molecule has 2 amide bonds. The van der Waals surface area contributed by atoms with Gasteiger partial charge < -0.3 is 14.2 Å². The van der Waals surface area contributed by atoms with Gasteiger partial charge in [0.2, 0.25) is 29.0 Å². The maximum Gasteiger partial charge on any atom is 0.241 e. The van der Waals surface area contributed by atoms with Crippen LogP contribution < -0.4 is 14.4 Å². The van der Waals surface area contributed by atoms with E-state index in [4.69, 9.17) is 14.2 Å². The average Bonchev–Trinajstić information content (AvgIpc) is 3.49. The predicted octanol–water partition coefficient (Wildman–Crippen LogP) is 4.16. The summed E-state index contributed by atoms with van der Waals surface area (Å²) < 4.78 is 17.8. The number of imide groups is 1. The third-order valence-corrected chi connectivity index (χ3v) is 7.87. The Morgan fingerprint density at radius 2 is 1.43 bits per heavy atom. The molecule has 37 heavy (non-hydrogen) atoms. The van der Waals surface area contributed by atoms with E-state index in [0.29, 0.717) is 22.7 Å². The molecule has 2 saturated heterocycles. The molecule has 0 bridgehead atoms. The number of Topliss-reactive ketones (excluding diaryl/α,β-unsaturated/α-hetero) is 2. The van der Waals surface area contributed by atoms with Crippen molar-refractivity contribution in [1.82, 2.24) is 0 Å². The third kappa shape index (κ3) is 3.10. The number of methoxy groups -OCH3 is 2. The monoisotopic (exact) mass is 561 g/mol. The van der Waals surface area contributed by atoms with Crippen LogP contribution in [0.4, 0.5) is 5.69 Å². The summed E-state index contributed by atoms with van der Waals surface area (Å²) in [5, 5.41) is 0. The number of amides is 2. The van der Waals surface area contributed by atoms with Crippen LogP contribution in [0.25, 0.3) is 0 Å². The first-order valence-electron chi connectivity index (χ1n) is 11.5. The van der Waals surface area contributed by atoms with Gasteiger partial charge in [-0.25, -0.2) is 4.90 Å². The van der Waals surface area contributed by atoms with Gasteiger partial charge in [-0.1, -0.05) is 46.3 Å². The molecule has 0 N–H and O–H groups in total. The summed E-state index contributed by atoms with van der Waals surface area (Å²) in [6, 6.07) is 18.0. The average molecular weight is 562 g/mol. The van der Waals surface area contributed by atoms with Crippen LogP contribution in [0.5, 0.6) is 11.5 Å². The van der Waals surface area contributed by atoms with Crippen molar-refractivity contribution >= 4 is 45.0 Å². The number of benzene rings is 3. The molecule has 3 aromatic carbocycles. The molecule has 3 atom stereocenters. The molecule has 9 heteroatoms. The molecule has 2 aliphatic heterocycles. The molecule has 0 saturated carbocycles. The van der Waals surface area contributed by atoms with E-state index < -0.39 is 46.9 Å². The second kappa shape index (κ2) is 8.36. The van der Waals surface area contributed by atoms with Crippen molar-refractivity contribution in [2.45, 2.75) is 11.7 Å². The number of hydrogen-bond acceptors (Lipinski definition) is 7. The first-order chi connectivity index (χ1) is 17.8. The van der Waals surface area contributed by atoms with Gasteiger partial charge in [-0.3, -0.25) is 19.2 Å². The number of hydrogen-bond donors (Lipinski definition) is 0. The fourth-order valence-electron chi connectivity index (χ4n) is 5.69. The minimum absolute atomic E-state index is 0.182. The summed E-state index contributed by atoms with van der Waals surface area (Å²) in [6.45, 7) is 0. The number of ether oxygens (including phenoxy) is 3. The minimum Gasteiger partial charge on any atom is -0.493 e. The number of rotatable bonds is 4. The van der Waals surface area contributed by atoms with Crippen molar-refractivity contribution in [2.75, 3.05) is 19.1 Å². The fourth-order valence-corrected chi connectivity index (χ4v) is 5.96. The lowest BCUT2D eigenvalue weighted by Crippen LogP contribution is -2.51. The lowest BCUT2D eigenvalue weighted by atomic mass is 9.77. The van der Waals surface area contributed by atoms with Gasteiger partial charge in [-0.2, -0.15) is 0 Å². The molecule has 3 aliphatic rings. The van der Waals surface area contributed by atoms with Crippen LogP contribution in [0.3, 0.4) is 0 Å². The highest BCUT2D eigenvalue weighted by molar-refractivity contribution is 9.10. The zero-order valence-corrected chi connectivity index (χ0v) is 21.4. The highest BCUT2D eigenvalue weighted by Gasteiger charge is 2.74. The number of anilines is 1. The van der Waals surface area contributed by atoms with Gasteiger partial charge in [0.1, 0.15) is 0 Å². The van der Waals surface area contributed by atoms with E-state index >= 15 is 0 Å². The Morgan fingerprint density at radius 3 is 2.03 bits per heavy atom. The molecule has 3 aromatic rings. The first-order valence-corrected chi connectivity index (χ1v) is 12.3. The summed E-state index contributed by atoms with van der Waals surface area (Å²) in [7, 11) is 2.97. The molecule has 1 aliphatic carbocycles. The topological polar surface area (TPSA) is 99.2 Å². The van der Waals surface area contributed by atoms with E-state index in [1.807, 2.05) is 0 Å². The van der Waals surface area contributed by atoms with E-state index in [-0.39, 0.29) is 11.1 Å². The quantitative estimate of drug-likeness (QED) is 0.348. The zero-order chi connectivity index (χ0) is 26.1. The Bertz CT molecular complexity index is 1460. The Morgan fingerprint density at radius 1 is 0.811 bits per heavy atom. The number of nitrogens with zero attached hydrogens (tertiary/aromatic N) is 1. The normalized spacial score (nSPS) is 23.5. The van der Waals surface area contributed by atoms with E-state index in [9.17, 15) is 19.2 Å². The standard InChI is InChI=1S/C28H20BrNO7/c1-35-19-12-7-14(13-20(19)36-2)23-21-22(27(34)30(26(21)33)16-10-8-15(29)9-11-16)28(37-23)24(31)17-5-3-4-6-18(17)25(28)32/h3-13,21-23H,1-2H3/t21-,22+,23+/m1/s1. The summed E-state index contributed by atoms with van der Waals surface area (Å²) in [4.78, 5) is 56.6. The molecule has 1 spiro atoms. The molecule has 6 rings (SSSR count). The summed E-state index contributed by atoms with van der Waals surface area (Å²) in [5.74, 6) is -3.98. The van der Waals surface area contributed by atoms with Crippen molar-refractivity contribution in [2.24, 2.45) is 11.8 Å². The first kappa shape index (κ1) is 23.6. The molecule has 0 radical (unpaired) electrons. The summed E-state index contributed by atoms with van der Waals surface area (Å²) >= 11 is 3.36. The number of ketones is 2. The largest absolute Gasteiger partial charge is 0.493 e. The second-order valence-corrected chi connectivity index (χ2v) is 10.00. The Kier molecular flexibility index (Phi) is 5.32. The van der Waals surface area contributed by atoms with E-state index in [1.165, 1.54) is 14.2 Å². The van der Waals surface area contributed by atoms with Gasteiger partial charge in [0.25, 0.3) is 0 Å². The zero-order valence-electron chi connectivity index (χ0n) is 19.8. The van der Waals surface area contributed by atoms with Crippen molar-refractivity contribution in [1.29, 1.82) is 0 Å². The van der Waals surface area contributed by atoms with E-state index in [0.717, 1.165) is 9.37 Å². The van der Waals surface area contributed by atoms with Crippen LogP contribution in [-0.4, -0.2) is 43.2 Å². The van der Waals surface area contributed by atoms with E-state index in [1.54, 1.807) is 66.7 Å². The lowest BCUT2D eigenvalue weighted by Gasteiger charge is -2.27. The lowest BCUT2D eigenvalue weighted by molar-refractivity contribution is -0.127. The molecular weight excluding hydrogens is 542 g/mol. The van der Waals surface area contributed by atoms with Crippen LogP contribution in [-0.2, 0) is 14.3 Å². The van der Waals surface area contributed by atoms with Crippen molar-refractivity contribution < 1.29 is 33.4 Å². The maximum absolute atomic E-state index is 14.0. The molecule has 2 heterocycles. The summed E-state index contributed by atoms with van der Waals surface area (Å²) in [5.41, 5.74) is -0.935. The molecule has 8 nitrogen and oxygen atoms in total.